The van der Waals surface area contributed by atoms with E-state index in [-0.39, 0.29) is 29.5 Å². The first-order chi connectivity index (χ1) is 16.7. The number of benzene rings is 3. The average molecular weight is 472 g/mol. The molecule has 3 aromatic carbocycles. The predicted octanol–water partition coefficient (Wildman–Crippen LogP) is 6.03. The topological polar surface area (TPSA) is 77.8 Å². The monoisotopic (exact) mass is 471 g/mol. The summed E-state index contributed by atoms with van der Waals surface area (Å²) in [7, 11) is 1.58. The van der Waals surface area contributed by atoms with Gasteiger partial charge in [0.1, 0.15) is 11.3 Å². The van der Waals surface area contributed by atoms with Crippen molar-refractivity contribution in [3.63, 3.8) is 0 Å². The summed E-state index contributed by atoms with van der Waals surface area (Å²) in [6.45, 7) is 9.47. The van der Waals surface area contributed by atoms with Crippen LogP contribution < -0.4 is 20.2 Å². The van der Waals surface area contributed by atoms with Crippen LogP contribution in [0.25, 0.3) is 22.3 Å². The summed E-state index contributed by atoms with van der Waals surface area (Å²) in [6.07, 6.45) is 0. The zero-order chi connectivity index (χ0) is 25.3. The standard InChI is InChI=1S/C29H29NO5/c1-16-11-19(4)26(20(5)12-16)30-25(31)15-34-29-27(32)23-13-17(2)18(3)14-24(23)35-28(29)21-7-9-22(33-6)10-8-21/h7-14H,15H2,1-6H3,(H,30,31). The van der Waals surface area contributed by atoms with E-state index >= 15 is 0 Å². The van der Waals surface area contributed by atoms with Gasteiger partial charge in [0.25, 0.3) is 5.91 Å². The second-order valence-corrected chi connectivity index (χ2v) is 8.86. The Kier molecular flexibility index (Phi) is 6.65. The molecular weight excluding hydrogens is 442 g/mol. The van der Waals surface area contributed by atoms with E-state index in [1.54, 1.807) is 37.4 Å². The van der Waals surface area contributed by atoms with Gasteiger partial charge in [0.2, 0.25) is 11.2 Å². The zero-order valence-electron chi connectivity index (χ0n) is 20.9. The molecule has 0 aliphatic carbocycles. The van der Waals surface area contributed by atoms with Gasteiger partial charge in [0, 0.05) is 11.3 Å². The van der Waals surface area contributed by atoms with Gasteiger partial charge in [-0.2, -0.15) is 0 Å². The quantitative estimate of drug-likeness (QED) is 0.372. The average Bonchev–Trinajstić information content (AvgIpc) is 2.82. The number of hydrogen-bond donors (Lipinski definition) is 1. The summed E-state index contributed by atoms with van der Waals surface area (Å²) in [6, 6.07) is 14.8. The minimum absolute atomic E-state index is 0.00146. The summed E-state index contributed by atoms with van der Waals surface area (Å²) >= 11 is 0. The van der Waals surface area contributed by atoms with Crippen molar-refractivity contribution in [2.75, 3.05) is 19.0 Å². The van der Waals surface area contributed by atoms with Gasteiger partial charge in [-0.25, -0.2) is 0 Å². The highest BCUT2D eigenvalue weighted by atomic mass is 16.5. The molecule has 0 saturated carbocycles. The maximum absolute atomic E-state index is 13.5. The van der Waals surface area contributed by atoms with Gasteiger partial charge < -0.3 is 19.2 Å². The van der Waals surface area contributed by atoms with Crippen LogP contribution in [0.1, 0.15) is 27.8 Å². The van der Waals surface area contributed by atoms with Crippen molar-refractivity contribution in [3.05, 3.63) is 86.6 Å². The van der Waals surface area contributed by atoms with E-state index in [9.17, 15) is 9.59 Å². The SMILES string of the molecule is COc1ccc(-c2oc3cc(C)c(C)cc3c(=O)c2OCC(=O)Nc2c(C)cc(C)cc2C)cc1. The lowest BCUT2D eigenvalue weighted by atomic mass is 10.0. The van der Waals surface area contributed by atoms with Crippen LogP contribution in [0, 0.1) is 34.6 Å². The van der Waals surface area contributed by atoms with Gasteiger partial charge in [-0.15, -0.1) is 0 Å². The molecule has 1 amide bonds. The van der Waals surface area contributed by atoms with Gasteiger partial charge in [-0.1, -0.05) is 17.7 Å². The van der Waals surface area contributed by atoms with E-state index in [2.05, 4.69) is 5.32 Å². The molecule has 1 heterocycles. The molecule has 0 spiro atoms. The van der Waals surface area contributed by atoms with E-state index in [0.717, 1.165) is 33.5 Å². The number of rotatable bonds is 6. The molecule has 4 aromatic rings. The van der Waals surface area contributed by atoms with Crippen molar-refractivity contribution in [3.8, 4) is 22.8 Å². The zero-order valence-corrected chi connectivity index (χ0v) is 20.9. The summed E-state index contributed by atoms with van der Waals surface area (Å²) in [5, 5.41) is 3.32. The van der Waals surface area contributed by atoms with E-state index < -0.39 is 0 Å². The van der Waals surface area contributed by atoms with Crippen LogP contribution in [-0.2, 0) is 4.79 Å². The third kappa shape index (κ3) is 4.92. The number of methoxy groups -OCH3 is 1. The van der Waals surface area contributed by atoms with E-state index in [1.165, 1.54) is 0 Å². The fourth-order valence-corrected chi connectivity index (χ4v) is 4.19. The largest absolute Gasteiger partial charge is 0.497 e. The molecule has 0 unspecified atom stereocenters. The summed E-state index contributed by atoms with van der Waals surface area (Å²) in [5.74, 6) is 0.580. The second-order valence-electron chi connectivity index (χ2n) is 8.86. The van der Waals surface area contributed by atoms with Gasteiger partial charge in [0.15, 0.2) is 12.4 Å². The summed E-state index contributed by atoms with van der Waals surface area (Å²) in [5.41, 5.74) is 6.56. The number of anilines is 1. The van der Waals surface area contributed by atoms with Crippen LogP contribution in [0.15, 0.2) is 57.7 Å². The minimum atomic E-state index is -0.361. The molecule has 6 nitrogen and oxygen atoms in total. The first kappa shape index (κ1) is 24.1. The highest BCUT2D eigenvalue weighted by Gasteiger charge is 2.20. The van der Waals surface area contributed by atoms with Crippen LogP contribution in [0.3, 0.4) is 0 Å². The second kappa shape index (κ2) is 9.66. The Hall–Kier alpha value is -4.06. The van der Waals surface area contributed by atoms with E-state index in [0.29, 0.717) is 22.3 Å². The van der Waals surface area contributed by atoms with Crippen LogP contribution in [-0.4, -0.2) is 19.6 Å². The molecule has 1 aromatic heterocycles. The minimum Gasteiger partial charge on any atom is -0.497 e. The lowest BCUT2D eigenvalue weighted by Crippen LogP contribution is -2.23. The van der Waals surface area contributed by atoms with Crippen molar-refractivity contribution in [2.24, 2.45) is 0 Å². The first-order valence-corrected chi connectivity index (χ1v) is 11.4. The normalized spacial score (nSPS) is 10.9. The van der Waals surface area contributed by atoms with Gasteiger partial charge >= 0.3 is 0 Å². The molecule has 6 heteroatoms. The maximum atomic E-state index is 13.5. The third-order valence-corrected chi connectivity index (χ3v) is 6.11. The third-order valence-electron chi connectivity index (χ3n) is 6.11. The number of hydrogen-bond acceptors (Lipinski definition) is 5. The number of carbonyl (C=O) groups is 1. The van der Waals surface area contributed by atoms with Crippen molar-refractivity contribution in [1.29, 1.82) is 0 Å². The maximum Gasteiger partial charge on any atom is 0.262 e. The lowest BCUT2D eigenvalue weighted by molar-refractivity contribution is -0.118. The number of ether oxygens (including phenoxy) is 2. The molecule has 180 valence electrons. The van der Waals surface area contributed by atoms with Gasteiger partial charge in [0.05, 0.1) is 12.5 Å². The highest BCUT2D eigenvalue weighted by Crippen LogP contribution is 2.33. The molecule has 0 aliphatic heterocycles. The summed E-state index contributed by atoms with van der Waals surface area (Å²) in [4.78, 5) is 26.3. The molecule has 0 fully saturated rings. The number of aryl methyl sites for hydroxylation is 5. The molecule has 0 aliphatic rings. The van der Waals surface area contributed by atoms with E-state index in [4.69, 9.17) is 13.9 Å². The molecule has 0 atom stereocenters. The molecule has 0 bridgehead atoms. The molecular formula is C29H29NO5. The van der Waals surface area contributed by atoms with Crippen LogP contribution >= 0.6 is 0 Å². The Morgan fingerprint density at radius 3 is 2.14 bits per heavy atom. The molecule has 1 N–H and O–H groups in total. The molecule has 4 rings (SSSR count). The number of nitrogens with one attached hydrogen (secondary N) is 1. The summed E-state index contributed by atoms with van der Waals surface area (Å²) < 4.78 is 17.3. The van der Waals surface area contributed by atoms with Gasteiger partial charge in [-0.05, 0) is 93.3 Å². The van der Waals surface area contributed by atoms with Crippen molar-refractivity contribution >= 4 is 22.6 Å². The van der Waals surface area contributed by atoms with Crippen LogP contribution in [0.4, 0.5) is 5.69 Å². The Balaban J connectivity index is 1.72. The first-order valence-electron chi connectivity index (χ1n) is 11.4. The Labute approximate surface area is 204 Å². The van der Waals surface area contributed by atoms with Crippen LogP contribution in [0.2, 0.25) is 0 Å². The van der Waals surface area contributed by atoms with Crippen LogP contribution in [0.5, 0.6) is 11.5 Å². The van der Waals surface area contributed by atoms with Crippen molar-refractivity contribution in [2.45, 2.75) is 34.6 Å². The lowest BCUT2D eigenvalue weighted by Gasteiger charge is -2.15. The van der Waals surface area contributed by atoms with Crippen molar-refractivity contribution in [1.82, 2.24) is 0 Å². The van der Waals surface area contributed by atoms with E-state index in [1.807, 2.05) is 52.8 Å². The highest BCUT2D eigenvalue weighted by molar-refractivity contribution is 5.93. The Morgan fingerprint density at radius 2 is 1.51 bits per heavy atom. The fourth-order valence-electron chi connectivity index (χ4n) is 4.19. The number of carbonyl (C=O) groups excluding carboxylic acids is 1. The number of amides is 1. The Morgan fingerprint density at radius 1 is 0.886 bits per heavy atom. The number of fused-ring (bicyclic) bond motifs is 1. The molecule has 35 heavy (non-hydrogen) atoms. The smallest absolute Gasteiger partial charge is 0.262 e. The van der Waals surface area contributed by atoms with Gasteiger partial charge in [-0.3, -0.25) is 9.59 Å². The molecule has 0 saturated heterocycles. The van der Waals surface area contributed by atoms with Crippen molar-refractivity contribution < 1.29 is 18.7 Å². The molecule has 0 radical (unpaired) electrons. The Bertz CT molecular complexity index is 1460. The fraction of sp³-hybridized carbons (Fsp3) is 0.241. The predicted molar refractivity (Wildman–Crippen MR) is 139 cm³/mol.